The normalized spacial score (nSPS) is 10.7. The molecule has 0 saturated carbocycles. The highest BCUT2D eigenvalue weighted by Gasteiger charge is 2.07. The fourth-order valence-electron chi connectivity index (χ4n) is 0.872. The van der Waals surface area contributed by atoms with E-state index in [9.17, 15) is 8.42 Å². The molecule has 0 aliphatic rings. The van der Waals surface area contributed by atoms with E-state index in [0.29, 0.717) is 0 Å². The average molecular weight is 348 g/mol. The third-order valence-electron chi connectivity index (χ3n) is 1.58. The lowest BCUT2D eigenvalue weighted by atomic mass is 10.2. The quantitative estimate of drug-likeness (QED) is 0.847. The van der Waals surface area contributed by atoms with Crippen molar-refractivity contribution in [1.82, 2.24) is 4.72 Å². The average Bonchev–Trinajstić information content (AvgIpc) is 2.09. The maximum atomic E-state index is 11.1. The van der Waals surface area contributed by atoms with E-state index in [1.165, 1.54) is 7.05 Å². The molecule has 0 fully saturated rings. The molecule has 0 radical (unpaired) electrons. The first-order valence-electron chi connectivity index (χ1n) is 3.69. The molecule has 0 spiro atoms. The van der Waals surface area contributed by atoms with E-state index in [1.54, 1.807) is 0 Å². The van der Waals surface area contributed by atoms with Crippen LogP contribution in [0, 0.1) is 3.57 Å². The number of sulfonamides is 1. The summed E-state index contributed by atoms with van der Waals surface area (Å²) < 4.78 is 25.7. The lowest BCUT2D eigenvalue weighted by Gasteiger charge is -2.01. The van der Waals surface area contributed by atoms with Crippen molar-refractivity contribution in [3.05, 3.63) is 33.4 Å². The Morgan fingerprint density at radius 3 is 2.21 bits per heavy atom. The lowest BCUT2D eigenvalue weighted by molar-refractivity contribution is 0.587. The molecule has 0 aliphatic heterocycles. The van der Waals surface area contributed by atoms with Crippen LogP contribution in [0.1, 0.15) is 5.56 Å². The molecule has 0 saturated heterocycles. The second-order valence-electron chi connectivity index (χ2n) is 2.59. The van der Waals surface area contributed by atoms with E-state index in [1.807, 2.05) is 24.3 Å². The summed E-state index contributed by atoms with van der Waals surface area (Å²) in [5.74, 6) is 0.0421. The summed E-state index contributed by atoms with van der Waals surface area (Å²) in [6.45, 7) is 0. The van der Waals surface area contributed by atoms with Gasteiger partial charge in [-0.3, -0.25) is 0 Å². The van der Waals surface area contributed by atoms with Crippen molar-refractivity contribution < 1.29 is 8.42 Å². The Bertz CT molecular complexity index is 377. The maximum absolute atomic E-state index is 11.1. The second-order valence-corrected chi connectivity index (χ2v) is 5.76. The molecule has 1 aromatic rings. The van der Waals surface area contributed by atoms with Crippen LogP contribution in [0.5, 0.6) is 0 Å². The van der Waals surface area contributed by atoms with E-state index in [-0.39, 0.29) is 18.2 Å². The van der Waals surface area contributed by atoms with Gasteiger partial charge in [-0.15, -0.1) is 12.4 Å². The van der Waals surface area contributed by atoms with Gasteiger partial charge >= 0.3 is 0 Å². The van der Waals surface area contributed by atoms with E-state index < -0.39 is 10.0 Å². The van der Waals surface area contributed by atoms with E-state index in [2.05, 4.69) is 27.3 Å². The second kappa shape index (κ2) is 5.89. The summed E-state index contributed by atoms with van der Waals surface area (Å²) in [6.07, 6.45) is 0. The zero-order valence-electron chi connectivity index (χ0n) is 7.53. The van der Waals surface area contributed by atoms with Crippen molar-refractivity contribution in [3.8, 4) is 0 Å². The minimum absolute atomic E-state index is 0. The summed E-state index contributed by atoms with van der Waals surface area (Å²) in [6, 6.07) is 7.41. The smallest absolute Gasteiger partial charge is 0.215 e. The van der Waals surface area contributed by atoms with Crippen LogP contribution in [0.25, 0.3) is 0 Å². The molecule has 0 unspecified atom stereocenters. The Morgan fingerprint density at radius 1 is 1.29 bits per heavy atom. The number of hydrogen-bond donors (Lipinski definition) is 1. The summed E-state index contributed by atoms with van der Waals surface area (Å²) >= 11 is 2.18. The zero-order valence-corrected chi connectivity index (χ0v) is 11.3. The van der Waals surface area contributed by atoms with Crippen molar-refractivity contribution in [2.24, 2.45) is 0 Å². The number of nitrogens with one attached hydrogen (secondary N) is 1. The number of benzene rings is 1. The zero-order chi connectivity index (χ0) is 9.90. The summed E-state index contributed by atoms with van der Waals surface area (Å²) in [7, 11) is -1.72. The molecule has 0 amide bonds. The van der Waals surface area contributed by atoms with Gasteiger partial charge in [-0.1, -0.05) is 12.1 Å². The van der Waals surface area contributed by atoms with E-state index in [0.717, 1.165) is 9.13 Å². The van der Waals surface area contributed by atoms with Crippen molar-refractivity contribution in [2.75, 3.05) is 7.05 Å². The predicted molar refractivity (Wildman–Crippen MR) is 68.1 cm³/mol. The number of hydrogen-bond acceptors (Lipinski definition) is 2. The van der Waals surface area contributed by atoms with Crippen molar-refractivity contribution in [2.45, 2.75) is 5.75 Å². The maximum Gasteiger partial charge on any atom is 0.215 e. The van der Waals surface area contributed by atoms with Gasteiger partial charge in [0.2, 0.25) is 10.0 Å². The lowest BCUT2D eigenvalue weighted by Crippen LogP contribution is -2.20. The van der Waals surface area contributed by atoms with Crippen LogP contribution in [0.15, 0.2) is 24.3 Å². The first kappa shape index (κ1) is 14.2. The third-order valence-corrected chi connectivity index (χ3v) is 3.64. The van der Waals surface area contributed by atoms with Gasteiger partial charge in [0.05, 0.1) is 5.75 Å². The van der Waals surface area contributed by atoms with Gasteiger partial charge in [0.25, 0.3) is 0 Å². The molecular weight excluding hydrogens is 337 g/mol. The summed E-state index contributed by atoms with van der Waals surface area (Å²) in [5, 5.41) is 0. The molecule has 0 aliphatic carbocycles. The standard InChI is InChI=1S/C8H10INO2S.ClH/c1-10-13(11,12)6-7-2-4-8(9)5-3-7;/h2-5,10H,6H2,1H3;1H. The fourth-order valence-corrected chi connectivity index (χ4v) is 2.01. The molecule has 1 aromatic carbocycles. The largest absolute Gasteiger partial charge is 0.218 e. The highest BCUT2D eigenvalue weighted by atomic mass is 127. The number of rotatable bonds is 3. The van der Waals surface area contributed by atoms with Gasteiger partial charge in [-0.25, -0.2) is 13.1 Å². The van der Waals surface area contributed by atoms with Crippen LogP contribution in [0.4, 0.5) is 0 Å². The minimum atomic E-state index is -3.14. The molecule has 1 rings (SSSR count). The van der Waals surface area contributed by atoms with Crippen LogP contribution in [0.3, 0.4) is 0 Å². The Balaban J connectivity index is 0.00000169. The molecular formula is C8H11ClINO2S. The topological polar surface area (TPSA) is 46.2 Å². The molecule has 6 heteroatoms. The monoisotopic (exact) mass is 347 g/mol. The van der Waals surface area contributed by atoms with Gasteiger partial charge in [-0.05, 0) is 47.3 Å². The molecule has 0 bridgehead atoms. The Labute approximate surface area is 104 Å². The summed E-state index contributed by atoms with van der Waals surface area (Å²) in [4.78, 5) is 0. The van der Waals surface area contributed by atoms with Gasteiger partial charge in [-0.2, -0.15) is 0 Å². The van der Waals surface area contributed by atoms with Gasteiger partial charge in [0.15, 0.2) is 0 Å². The molecule has 0 heterocycles. The van der Waals surface area contributed by atoms with Crippen LogP contribution >= 0.6 is 35.0 Å². The SMILES string of the molecule is CNS(=O)(=O)Cc1ccc(I)cc1.Cl. The molecule has 80 valence electrons. The predicted octanol–water partition coefficient (Wildman–Crippen LogP) is 1.76. The van der Waals surface area contributed by atoms with Crippen LogP contribution < -0.4 is 4.72 Å². The fraction of sp³-hybridized carbons (Fsp3) is 0.250. The van der Waals surface area contributed by atoms with Gasteiger partial charge < -0.3 is 0 Å². The van der Waals surface area contributed by atoms with Crippen molar-refractivity contribution in [3.63, 3.8) is 0 Å². The third kappa shape index (κ3) is 4.59. The van der Waals surface area contributed by atoms with Crippen molar-refractivity contribution >= 4 is 45.0 Å². The van der Waals surface area contributed by atoms with Crippen LogP contribution in [-0.2, 0) is 15.8 Å². The Kier molecular flexibility index (Phi) is 5.96. The molecule has 3 nitrogen and oxygen atoms in total. The highest BCUT2D eigenvalue weighted by Crippen LogP contribution is 2.08. The van der Waals surface area contributed by atoms with E-state index in [4.69, 9.17) is 0 Å². The van der Waals surface area contributed by atoms with Gasteiger partial charge in [0.1, 0.15) is 0 Å². The first-order chi connectivity index (χ1) is 6.03. The van der Waals surface area contributed by atoms with E-state index >= 15 is 0 Å². The van der Waals surface area contributed by atoms with Crippen LogP contribution in [-0.4, -0.2) is 15.5 Å². The van der Waals surface area contributed by atoms with Crippen molar-refractivity contribution in [1.29, 1.82) is 0 Å². The molecule has 0 atom stereocenters. The minimum Gasteiger partial charge on any atom is -0.218 e. The molecule has 14 heavy (non-hydrogen) atoms. The highest BCUT2D eigenvalue weighted by molar-refractivity contribution is 14.1. The summed E-state index contributed by atoms with van der Waals surface area (Å²) in [5.41, 5.74) is 0.801. The first-order valence-corrected chi connectivity index (χ1v) is 6.42. The Hall–Kier alpha value is 0.150. The Morgan fingerprint density at radius 2 is 1.79 bits per heavy atom. The van der Waals surface area contributed by atoms with Gasteiger partial charge in [0, 0.05) is 3.57 Å². The molecule has 1 N–H and O–H groups in total. The number of halogens is 2. The van der Waals surface area contributed by atoms with Crippen LogP contribution in [0.2, 0.25) is 0 Å². The molecule has 0 aromatic heterocycles.